The molecule has 0 heterocycles. The second-order valence-electron chi connectivity index (χ2n) is 1.60. The molecule has 0 saturated heterocycles. The molecule has 0 aliphatic heterocycles. The molecule has 0 atom stereocenters. The van der Waals surface area contributed by atoms with Gasteiger partial charge >= 0.3 is 0 Å². The van der Waals surface area contributed by atoms with Crippen molar-refractivity contribution in [3.05, 3.63) is 13.2 Å². The van der Waals surface area contributed by atoms with Gasteiger partial charge < -0.3 is 11.1 Å². The minimum Gasteiger partial charge on any atom is -0.368 e. The van der Waals surface area contributed by atoms with Crippen molar-refractivity contribution in [3.8, 4) is 0 Å². The number of carbonyl (C=O) groups is 2. The molecule has 11 heavy (non-hydrogen) atoms. The van der Waals surface area contributed by atoms with Crippen molar-refractivity contribution in [1.29, 1.82) is 0 Å². The van der Waals surface area contributed by atoms with Gasteiger partial charge in [0.15, 0.2) is 0 Å². The number of nitrogens with two attached hydrogens (primary N) is 1. The largest absolute Gasteiger partial charge is 0.368 e. The average Bonchev–Trinajstić information content (AvgIpc) is 2.04. The summed E-state index contributed by atoms with van der Waals surface area (Å²) < 4.78 is 0. The Morgan fingerprint density at radius 1 is 1.45 bits per heavy atom. The Hall–Kier alpha value is -1.32. The summed E-state index contributed by atoms with van der Waals surface area (Å²) in [6.07, 6.45) is 0.382. The van der Waals surface area contributed by atoms with Crippen LogP contribution in [0.2, 0.25) is 0 Å². The number of hydrogen-bond donors (Lipinski definition) is 2. The lowest BCUT2D eigenvalue weighted by atomic mass is 10.4. The molecule has 0 aliphatic rings. The first kappa shape index (κ1) is 12.4. The fourth-order valence-electron chi connectivity index (χ4n) is 0.311. The predicted molar refractivity (Wildman–Crippen MR) is 43.7 cm³/mol. The van der Waals surface area contributed by atoms with Crippen molar-refractivity contribution in [3.63, 3.8) is 0 Å². The summed E-state index contributed by atoms with van der Waals surface area (Å²) in [7, 11) is 0. The van der Waals surface area contributed by atoms with Crippen LogP contribution in [0.15, 0.2) is 13.2 Å². The van der Waals surface area contributed by atoms with Crippen LogP contribution in [-0.2, 0) is 9.59 Å². The van der Waals surface area contributed by atoms with Crippen molar-refractivity contribution in [2.24, 2.45) is 5.73 Å². The molecule has 0 aromatic heterocycles. The van der Waals surface area contributed by atoms with E-state index >= 15 is 0 Å². The van der Waals surface area contributed by atoms with Crippen molar-refractivity contribution in [2.75, 3.05) is 6.54 Å². The van der Waals surface area contributed by atoms with E-state index in [1.807, 2.05) is 0 Å². The lowest BCUT2D eigenvalue weighted by Gasteiger charge is -1.96. The van der Waals surface area contributed by atoms with Crippen LogP contribution in [-0.4, -0.2) is 18.4 Å². The van der Waals surface area contributed by atoms with Crippen molar-refractivity contribution < 1.29 is 9.59 Å². The third-order valence-corrected chi connectivity index (χ3v) is 0.781. The van der Waals surface area contributed by atoms with Crippen LogP contribution >= 0.6 is 0 Å². The van der Waals surface area contributed by atoms with E-state index < -0.39 is 5.91 Å². The second-order valence-corrected chi connectivity index (χ2v) is 1.60. The van der Waals surface area contributed by atoms with Gasteiger partial charge in [0.25, 0.3) is 0 Å². The van der Waals surface area contributed by atoms with Gasteiger partial charge in [0.1, 0.15) is 0 Å². The molecular formula is C7H14N2O2. The normalized spacial score (nSPS) is 7.36. The van der Waals surface area contributed by atoms with E-state index in [0.717, 1.165) is 0 Å². The summed E-state index contributed by atoms with van der Waals surface area (Å²) in [6, 6.07) is 0. The van der Waals surface area contributed by atoms with E-state index in [9.17, 15) is 9.59 Å². The summed E-state index contributed by atoms with van der Waals surface area (Å²) in [5.41, 5.74) is 4.74. The molecule has 2 amide bonds. The van der Waals surface area contributed by atoms with E-state index in [4.69, 9.17) is 5.73 Å². The Morgan fingerprint density at radius 3 is 2.18 bits per heavy atom. The molecule has 0 spiro atoms. The highest BCUT2D eigenvalue weighted by molar-refractivity contribution is 5.83. The molecule has 0 bridgehead atoms. The predicted octanol–water partition coefficient (Wildman–Crippen LogP) is -0.200. The third kappa shape index (κ3) is 12.0. The van der Waals surface area contributed by atoms with Crippen LogP contribution in [0.3, 0.4) is 0 Å². The molecule has 0 aromatic carbocycles. The summed E-state index contributed by atoms with van der Waals surface area (Å²) in [4.78, 5) is 20.4. The Morgan fingerprint density at radius 2 is 1.91 bits per heavy atom. The summed E-state index contributed by atoms with van der Waals surface area (Å²) >= 11 is 0. The van der Waals surface area contributed by atoms with Crippen LogP contribution in [0.5, 0.6) is 0 Å². The zero-order valence-electron chi connectivity index (χ0n) is 6.72. The minimum atomic E-state index is -0.517. The molecule has 64 valence electrons. The monoisotopic (exact) mass is 158 g/mol. The molecule has 0 saturated carbocycles. The standard InChI is InChI=1S/C5H10N2O2.C2H4/c1-2-5(9)7-3-4(6)8;1-2/h2-3H2,1H3,(H2,6,8)(H,7,9);1-2H2. The molecular weight excluding hydrogens is 144 g/mol. The van der Waals surface area contributed by atoms with Gasteiger partial charge in [-0.25, -0.2) is 0 Å². The molecule has 4 heteroatoms. The first-order valence-corrected chi connectivity index (χ1v) is 3.21. The number of primary amides is 1. The smallest absolute Gasteiger partial charge is 0.236 e. The second kappa shape index (κ2) is 8.68. The van der Waals surface area contributed by atoms with Gasteiger partial charge in [-0.15, -0.1) is 13.2 Å². The zero-order valence-corrected chi connectivity index (χ0v) is 6.72. The fourth-order valence-corrected chi connectivity index (χ4v) is 0.311. The van der Waals surface area contributed by atoms with Gasteiger partial charge in [-0.05, 0) is 0 Å². The summed E-state index contributed by atoms with van der Waals surface area (Å²) in [5.74, 6) is -0.675. The first-order valence-electron chi connectivity index (χ1n) is 3.21. The number of carbonyl (C=O) groups excluding carboxylic acids is 2. The number of hydrogen-bond acceptors (Lipinski definition) is 2. The zero-order chi connectivity index (χ0) is 9.28. The molecule has 0 radical (unpaired) electrons. The van der Waals surface area contributed by atoms with Gasteiger partial charge in [0, 0.05) is 6.42 Å². The molecule has 0 fully saturated rings. The third-order valence-electron chi connectivity index (χ3n) is 0.781. The number of rotatable bonds is 3. The van der Waals surface area contributed by atoms with Crippen LogP contribution in [0.1, 0.15) is 13.3 Å². The summed E-state index contributed by atoms with van der Waals surface area (Å²) in [5, 5.41) is 2.32. The van der Waals surface area contributed by atoms with E-state index in [1.54, 1.807) is 6.92 Å². The van der Waals surface area contributed by atoms with E-state index in [-0.39, 0.29) is 12.5 Å². The Kier molecular flexibility index (Phi) is 9.76. The number of nitrogens with one attached hydrogen (secondary N) is 1. The van der Waals surface area contributed by atoms with Crippen LogP contribution in [0.4, 0.5) is 0 Å². The maximum Gasteiger partial charge on any atom is 0.236 e. The SMILES string of the molecule is C=C.CCC(=O)NCC(N)=O. The van der Waals surface area contributed by atoms with E-state index in [2.05, 4.69) is 18.5 Å². The molecule has 0 aliphatic carbocycles. The fraction of sp³-hybridized carbons (Fsp3) is 0.429. The van der Waals surface area contributed by atoms with Crippen LogP contribution < -0.4 is 11.1 Å². The van der Waals surface area contributed by atoms with Gasteiger partial charge in [0.2, 0.25) is 11.8 Å². The summed E-state index contributed by atoms with van der Waals surface area (Å²) in [6.45, 7) is 7.64. The van der Waals surface area contributed by atoms with Crippen LogP contribution in [0, 0.1) is 0 Å². The highest BCUT2D eigenvalue weighted by Gasteiger charge is 1.96. The maximum absolute atomic E-state index is 10.4. The van der Waals surface area contributed by atoms with Crippen molar-refractivity contribution in [2.45, 2.75) is 13.3 Å². The molecule has 4 nitrogen and oxygen atoms in total. The lowest BCUT2D eigenvalue weighted by molar-refractivity contribution is -0.124. The minimum absolute atomic E-state index is 0.0628. The first-order chi connectivity index (χ1) is 5.16. The van der Waals surface area contributed by atoms with Gasteiger partial charge in [0.05, 0.1) is 6.54 Å². The molecule has 0 aromatic rings. The molecule has 0 rings (SSSR count). The molecule has 0 unspecified atom stereocenters. The van der Waals surface area contributed by atoms with E-state index in [0.29, 0.717) is 6.42 Å². The van der Waals surface area contributed by atoms with Gasteiger partial charge in [-0.3, -0.25) is 9.59 Å². The van der Waals surface area contributed by atoms with Gasteiger partial charge in [-0.2, -0.15) is 0 Å². The Balaban J connectivity index is 0. The van der Waals surface area contributed by atoms with Crippen LogP contribution in [0.25, 0.3) is 0 Å². The maximum atomic E-state index is 10.4. The number of amides is 2. The van der Waals surface area contributed by atoms with E-state index in [1.165, 1.54) is 0 Å². The Bertz CT molecular complexity index is 134. The molecule has 3 N–H and O–H groups in total. The lowest BCUT2D eigenvalue weighted by Crippen LogP contribution is -2.32. The van der Waals surface area contributed by atoms with Gasteiger partial charge in [-0.1, -0.05) is 6.92 Å². The average molecular weight is 158 g/mol. The van der Waals surface area contributed by atoms with Crippen molar-refractivity contribution >= 4 is 11.8 Å². The highest BCUT2D eigenvalue weighted by atomic mass is 16.2. The van der Waals surface area contributed by atoms with Crippen molar-refractivity contribution in [1.82, 2.24) is 5.32 Å². The Labute approximate surface area is 66.5 Å². The quantitative estimate of drug-likeness (QED) is 0.558. The highest BCUT2D eigenvalue weighted by Crippen LogP contribution is 1.71. The topological polar surface area (TPSA) is 72.2 Å².